The monoisotopic (exact) mass is 345 g/mol. The van der Waals surface area contributed by atoms with Crippen LogP contribution in [-0.4, -0.2) is 0 Å². The van der Waals surface area contributed by atoms with Crippen molar-refractivity contribution in [1.82, 2.24) is 0 Å². The topological polar surface area (TPSA) is 26.0 Å². The van der Waals surface area contributed by atoms with Crippen molar-refractivity contribution >= 4 is 27.5 Å². The Morgan fingerprint density at radius 1 is 1.11 bits per heavy atom. The van der Waals surface area contributed by atoms with Crippen LogP contribution in [0.2, 0.25) is 5.02 Å². The van der Waals surface area contributed by atoms with Crippen molar-refractivity contribution in [3.05, 3.63) is 68.7 Å². The molecule has 1 atom stereocenters. The van der Waals surface area contributed by atoms with Crippen LogP contribution >= 0.6 is 27.5 Å². The van der Waals surface area contributed by atoms with Crippen LogP contribution in [0.15, 0.2) is 40.9 Å². The summed E-state index contributed by atoms with van der Waals surface area (Å²) in [4.78, 5) is 0. The van der Waals surface area contributed by atoms with Crippen molar-refractivity contribution in [1.29, 1.82) is 0 Å². The third-order valence-corrected chi connectivity index (χ3v) is 3.71. The Labute approximate surface area is 123 Å². The molecule has 19 heavy (non-hydrogen) atoms. The minimum absolute atomic E-state index is 0.0741. The lowest BCUT2D eigenvalue weighted by Gasteiger charge is -2.13. The van der Waals surface area contributed by atoms with E-state index >= 15 is 0 Å². The fourth-order valence-corrected chi connectivity index (χ4v) is 2.38. The third kappa shape index (κ3) is 3.53. The summed E-state index contributed by atoms with van der Waals surface area (Å²) in [6, 6.07) is 8.83. The lowest BCUT2D eigenvalue weighted by molar-refractivity contribution is 0.616. The number of nitrogens with two attached hydrogens (primary N) is 1. The first-order valence-corrected chi connectivity index (χ1v) is 6.79. The second-order valence-electron chi connectivity index (χ2n) is 4.23. The van der Waals surface area contributed by atoms with E-state index in [-0.39, 0.29) is 16.9 Å². The van der Waals surface area contributed by atoms with Gasteiger partial charge in [-0.25, -0.2) is 8.78 Å². The fourth-order valence-electron chi connectivity index (χ4n) is 1.78. The summed E-state index contributed by atoms with van der Waals surface area (Å²) in [5, 5.41) is 0.0741. The van der Waals surface area contributed by atoms with Gasteiger partial charge in [0.15, 0.2) is 0 Å². The van der Waals surface area contributed by atoms with Gasteiger partial charge in [0.2, 0.25) is 0 Å². The molecule has 0 saturated heterocycles. The summed E-state index contributed by atoms with van der Waals surface area (Å²) in [7, 11) is 0. The minimum Gasteiger partial charge on any atom is -0.324 e. The first-order valence-electron chi connectivity index (χ1n) is 5.62. The summed E-state index contributed by atoms with van der Waals surface area (Å²) in [6.07, 6.45) is 0.498. The highest BCUT2D eigenvalue weighted by atomic mass is 79.9. The molecule has 100 valence electrons. The summed E-state index contributed by atoms with van der Waals surface area (Å²) in [5.41, 5.74) is 7.69. The van der Waals surface area contributed by atoms with E-state index < -0.39 is 5.82 Å². The summed E-state index contributed by atoms with van der Waals surface area (Å²) >= 11 is 8.84. The zero-order chi connectivity index (χ0) is 14.0. The molecule has 0 radical (unpaired) electrons. The van der Waals surface area contributed by atoms with E-state index in [2.05, 4.69) is 15.9 Å². The summed E-state index contributed by atoms with van der Waals surface area (Å²) < 4.78 is 26.6. The maximum atomic E-state index is 13.1. The highest BCUT2D eigenvalue weighted by molar-refractivity contribution is 9.10. The second kappa shape index (κ2) is 5.99. The number of rotatable bonds is 3. The third-order valence-electron chi connectivity index (χ3n) is 2.81. The van der Waals surface area contributed by atoms with E-state index in [0.29, 0.717) is 10.9 Å². The van der Waals surface area contributed by atoms with Crippen LogP contribution in [0.25, 0.3) is 0 Å². The van der Waals surface area contributed by atoms with Crippen molar-refractivity contribution in [2.45, 2.75) is 12.5 Å². The van der Waals surface area contributed by atoms with Gasteiger partial charge in [-0.1, -0.05) is 23.7 Å². The molecule has 0 aliphatic carbocycles. The van der Waals surface area contributed by atoms with Gasteiger partial charge in [0, 0.05) is 6.04 Å². The molecule has 5 heteroatoms. The Kier molecular flexibility index (Phi) is 4.55. The highest BCUT2D eigenvalue weighted by Crippen LogP contribution is 2.24. The Morgan fingerprint density at radius 3 is 2.42 bits per heavy atom. The average Bonchev–Trinajstić information content (AvgIpc) is 2.37. The van der Waals surface area contributed by atoms with Gasteiger partial charge in [0.05, 0.1) is 9.50 Å². The zero-order valence-corrected chi connectivity index (χ0v) is 12.2. The van der Waals surface area contributed by atoms with Crippen LogP contribution in [0.4, 0.5) is 8.78 Å². The molecule has 0 fully saturated rings. The normalized spacial score (nSPS) is 12.5. The molecule has 2 aromatic rings. The van der Waals surface area contributed by atoms with E-state index in [1.165, 1.54) is 12.1 Å². The van der Waals surface area contributed by atoms with Gasteiger partial charge >= 0.3 is 0 Å². The molecule has 1 unspecified atom stereocenters. The van der Waals surface area contributed by atoms with E-state index in [1.54, 1.807) is 24.3 Å². The highest BCUT2D eigenvalue weighted by Gasteiger charge is 2.10. The maximum Gasteiger partial charge on any atom is 0.141 e. The Bertz CT molecular complexity index is 604. The first kappa shape index (κ1) is 14.4. The van der Waals surface area contributed by atoms with Crippen LogP contribution in [0, 0.1) is 11.6 Å². The van der Waals surface area contributed by atoms with E-state index in [9.17, 15) is 8.78 Å². The van der Waals surface area contributed by atoms with Gasteiger partial charge in [-0.2, -0.15) is 0 Å². The Hall–Kier alpha value is -0.970. The van der Waals surface area contributed by atoms with Crippen molar-refractivity contribution in [2.24, 2.45) is 5.73 Å². The van der Waals surface area contributed by atoms with Crippen molar-refractivity contribution in [3.63, 3.8) is 0 Å². The lowest BCUT2D eigenvalue weighted by atomic mass is 10.00. The van der Waals surface area contributed by atoms with E-state index in [1.807, 2.05) is 0 Å². The average molecular weight is 347 g/mol. The van der Waals surface area contributed by atoms with E-state index in [4.69, 9.17) is 17.3 Å². The molecule has 1 nitrogen and oxygen atoms in total. The SMILES string of the molecule is NC(Cc1ccc(F)c(Cl)c1)c1ccc(F)c(Br)c1. The summed E-state index contributed by atoms with van der Waals surface area (Å²) in [6.45, 7) is 0. The Balaban J connectivity index is 2.17. The van der Waals surface area contributed by atoms with Crippen molar-refractivity contribution in [3.8, 4) is 0 Å². The second-order valence-corrected chi connectivity index (χ2v) is 5.49. The van der Waals surface area contributed by atoms with Crippen LogP contribution in [0.5, 0.6) is 0 Å². The van der Waals surface area contributed by atoms with Gasteiger partial charge in [-0.3, -0.25) is 0 Å². The quantitative estimate of drug-likeness (QED) is 0.862. The predicted molar refractivity (Wildman–Crippen MR) is 76.1 cm³/mol. The molecule has 0 aromatic heterocycles. The van der Waals surface area contributed by atoms with Crippen LogP contribution in [-0.2, 0) is 6.42 Å². The molecule has 0 spiro atoms. The molecule has 0 aliphatic heterocycles. The van der Waals surface area contributed by atoms with Gasteiger partial charge in [-0.15, -0.1) is 0 Å². The maximum absolute atomic E-state index is 13.1. The Morgan fingerprint density at radius 2 is 1.79 bits per heavy atom. The number of hydrogen-bond acceptors (Lipinski definition) is 1. The number of benzene rings is 2. The first-order chi connectivity index (χ1) is 8.97. The number of hydrogen-bond donors (Lipinski definition) is 1. The molecule has 2 rings (SSSR count). The van der Waals surface area contributed by atoms with Gasteiger partial charge < -0.3 is 5.73 Å². The molecule has 0 aliphatic rings. The van der Waals surface area contributed by atoms with Crippen LogP contribution < -0.4 is 5.73 Å². The lowest BCUT2D eigenvalue weighted by Crippen LogP contribution is -2.13. The van der Waals surface area contributed by atoms with Crippen molar-refractivity contribution in [2.75, 3.05) is 0 Å². The standard InChI is InChI=1S/C14H11BrClF2N/c15-10-7-9(2-4-12(10)17)14(19)6-8-1-3-13(18)11(16)5-8/h1-5,7,14H,6,19H2. The van der Waals surface area contributed by atoms with Gasteiger partial charge in [0.1, 0.15) is 11.6 Å². The smallest absolute Gasteiger partial charge is 0.141 e. The molecule has 0 heterocycles. The predicted octanol–water partition coefficient (Wildman–Crippen LogP) is 4.62. The molecule has 2 N–H and O–H groups in total. The van der Waals surface area contributed by atoms with Gasteiger partial charge in [0.25, 0.3) is 0 Å². The van der Waals surface area contributed by atoms with Gasteiger partial charge in [-0.05, 0) is 57.7 Å². The molecule has 2 aromatic carbocycles. The number of halogens is 4. The molecular weight excluding hydrogens is 336 g/mol. The van der Waals surface area contributed by atoms with Crippen molar-refractivity contribution < 1.29 is 8.78 Å². The molecule has 0 amide bonds. The van der Waals surface area contributed by atoms with Crippen LogP contribution in [0.1, 0.15) is 17.2 Å². The largest absolute Gasteiger partial charge is 0.324 e. The van der Waals surface area contributed by atoms with E-state index in [0.717, 1.165) is 11.1 Å². The fraction of sp³-hybridized carbons (Fsp3) is 0.143. The summed E-state index contributed by atoms with van der Waals surface area (Å²) in [5.74, 6) is -0.788. The molecule has 0 saturated carbocycles. The molecular formula is C14H11BrClF2N. The molecule has 0 bridgehead atoms. The van der Waals surface area contributed by atoms with Crippen LogP contribution in [0.3, 0.4) is 0 Å². The minimum atomic E-state index is -0.455. The zero-order valence-electron chi connectivity index (χ0n) is 9.84.